The van der Waals surface area contributed by atoms with E-state index in [1.807, 2.05) is 42.5 Å². The fraction of sp³-hybridized carbons (Fsp3) is 0.350. The number of rotatable bonds is 4. The maximum atomic E-state index is 12.8. The number of carboxylic acids is 1. The summed E-state index contributed by atoms with van der Waals surface area (Å²) in [6.45, 7) is 0. The first-order valence-corrected chi connectivity index (χ1v) is 8.60. The van der Waals surface area contributed by atoms with Gasteiger partial charge in [0.2, 0.25) is 5.91 Å². The highest BCUT2D eigenvalue weighted by atomic mass is 16.4. The number of carboxylic acid groups (broad SMARTS) is 1. The van der Waals surface area contributed by atoms with Gasteiger partial charge in [0.15, 0.2) is 0 Å². The monoisotopic (exact) mass is 336 g/mol. The molecular formula is C20H20N2O3. The van der Waals surface area contributed by atoms with Crippen LogP contribution in [0.15, 0.2) is 48.7 Å². The lowest BCUT2D eigenvalue weighted by Crippen LogP contribution is -2.32. The smallest absolute Gasteiger partial charge is 0.309 e. The predicted octanol–water partition coefficient (Wildman–Crippen LogP) is 3.72. The van der Waals surface area contributed by atoms with Crippen molar-refractivity contribution in [1.29, 1.82) is 0 Å². The second kappa shape index (κ2) is 5.69. The van der Waals surface area contributed by atoms with Gasteiger partial charge in [-0.05, 0) is 44.2 Å². The van der Waals surface area contributed by atoms with Crippen LogP contribution in [0.2, 0.25) is 0 Å². The highest BCUT2D eigenvalue weighted by molar-refractivity contribution is 5.97. The van der Waals surface area contributed by atoms with Gasteiger partial charge in [-0.25, -0.2) is 0 Å². The van der Waals surface area contributed by atoms with Crippen molar-refractivity contribution < 1.29 is 14.7 Å². The third-order valence-corrected chi connectivity index (χ3v) is 5.87. The number of aliphatic carboxylic acids is 1. The number of anilines is 1. The fourth-order valence-electron chi connectivity index (χ4n) is 4.32. The number of nitrogens with one attached hydrogen (secondary N) is 1. The standard InChI is InChI=1S/C20H20N2O3/c23-17(19-8-10-20(13-19,11-9-19)18(24)25)22-15-6-7-16(21-12-15)14-4-2-1-3-5-14/h1-7,12H,8-11,13H2,(H,22,23)(H,24,25). The first-order valence-electron chi connectivity index (χ1n) is 8.60. The summed E-state index contributed by atoms with van der Waals surface area (Å²) in [6, 6.07) is 13.6. The van der Waals surface area contributed by atoms with Gasteiger partial charge in [-0.3, -0.25) is 14.6 Å². The van der Waals surface area contributed by atoms with Crippen LogP contribution in [0, 0.1) is 10.8 Å². The van der Waals surface area contributed by atoms with Gasteiger partial charge in [-0.2, -0.15) is 0 Å². The van der Waals surface area contributed by atoms with Gasteiger partial charge in [0.05, 0.1) is 28.4 Å². The molecule has 5 nitrogen and oxygen atoms in total. The number of amides is 1. The van der Waals surface area contributed by atoms with Crippen molar-refractivity contribution in [2.75, 3.05) is 5.32 Å². The summed E-state index contributed by atoms with van der Waals surface area (Å²) in [6.07, 6.45) is 4.62. The van der Waals surface area contributed by atoms with Crippen LogP contribution < -0.4 is 5.32 Å². The van der Waals surface area contributed by atoms with Gasteiger partial charge in [0, 0.05) is 5.56 Å². The van der Waals surface area contributed by atoms with E-state index in [-0.39, 0.29) is 5.91 Å². The molecule has 2 aliphatic rings. The van der Waals surface area contributed by atoms with Crippen LogP contribution in [0.3, 0.4) is 0 Å². The van der Waals surface area contributed by atoms with Gasteiger partial charge in [0.25, 0.3) is 0 Å². The van der Waals surface area contributed by atoms with E-state index >= 15 is 0 Å². The Morgan fingerprint density at radius 3 is 2.20 bits per heavy atom. The predicted molar refractivity (Wildman–Crippen MR) is 93.9 cm³/mol. The summed E-state index contributed by atoms with van der Waals surface area (Å²) in [7, 11) is 0. The third kappa shape index (κ3) is 2.60. The largest absolute Gasteiger partial charge is 0.481 e. The molecule has 1 heterocycles. The Morgan fingerprint density at radius 1 is 0.960 bits per heavy atom. The molecule has 0 radical (unpaired) electrons. The Hall–Kier alpha value is -2.69. The number of hydrogen-bond acceptors (Lipinski definition) is 3. The van der Waals surface area contributed by atoms with Crippen LogP contribution >= 0.6 is 0 Å². The van der Waals surface area contributed by atoms with Gasteiger partial charge in [-0.1, -0.05) is 30.3 Å². The number of nitrogens with zero attached hydrogens (tertiary/aromatic N) is 1. The average Bonchev–Trinajstić information content (AvgIpc) is 3.23. The van der Waals surface area contributed by atoms with Crippen molar-refractivity contribution in [2.24, 2.45) is 10.8 Å². The van der Waals surface area contributed by atoms with Crippen LogP contribution in [0.1, 0.15) is 32.1 Å². The first kappa shape index (κ1) is 15.8. The molecule has 0 unspecified atom stereocenters. The van der Waals surface area contributed by atoms with E-state index in [2.05, 4.69) is 10.3 Å². The van der Waals surface area contributed by atoms with E-state index < -0.39 is 16.8 Å². The number of hydrogen-bond donors (Lipinski definition) is 2. The Morgan fingerprint density at radius 2 is 1.64 bits per heavy atom. The molecule has 0 spiro atoms. The van der Waals surface area contributed by atoms with E-state index in [1.165, 1.54) is 0 Å². The minimum absolute atomic E-state index is 0.0672. The quantitative estimate of drug-likeness (QED) is 0.892. The van der Waals surface area contributed by atoms with Crippen LogP contribution in [0.4, 0.5) is 5.69 Å². The van der Waals surface area contributed by atoms with Crippen LogP contribution in [0.25, 0.3) is 11.3 Å². The molecule has 2 aromatic rings. The van der Waals surface area contributed by atoms with Gasteiger partial charge in [-0.15, -0.1) is 0 Å². The minimum atomic E-state index is -0.756. The summed E-state index contributed by atoms with van der Waals surface area (Å²) >= 11 is 0. The normalized spacial score (nSPS) is 27.2. The minimum Gasteiger partial charge on any atom is -0.481 e. The molecule has 2 saturated carbocycles. The van der Waals surface area contributed by atoms with Crippen molar-refractivity contribution in [3.8, 4) is 11.3 Å². The molecule has 1 amide bonds. The highest BCUT2D eigenvalue weighted by Gasteiger charge is 2.61. The molecule has 5 heteroatoms. The molecule has 4 rings (SSSR count). The van der Waals surface area contributed by atoms with Gasteiger partial charge >= 0.3 is 5.97 Å². The molecule has 1 aromatic heterocycles. The summed E-state index contributed by atoms with van der Waals surface area (Å²) in [5, 5.41) is 12.4. The van der Waals surface area contributed by atoms with E-state index in [4.69, 9.17) is 0 Å². The Bertz CT molecular complexity index is 807. The molecule has 0 saturated heterocycles. The maximum absolute atomic E-state index is 12.8. The SMILES string of the molecule is O=C(O)C12CCC(C(=O)Nc3ccc(-c4ccccc4)nc3)(CC1)C2. The molecule has 2 N–H and O–H groups in total. The van der Waals surface area contributed by atoms with Crippen molar-refractivity contribution >= 4 is 17.6 Å². The maximum Gasteiger partial charge on any atom is 0.309 e. The Kier molecular flexibility index (Phi) is 3.60. The molecule has 25 heavy (non-hydrogen) atoms. The van der Waals surface area contributed by atoms with Crippen molar-refractivity contribution in [3.05, 3.63) is 48.7 Å². The molecule has 0 aliphatic heterocycles. The van der Waals surface area contributed by atoms with Crippen LogP contribution in [-0.4, -0.2) is 22.0 Å². The zero-order chi connectivity index (χ0) is 17.5. The summed E-state index contributed by atoms with van der Waals surface area (Å²) < 4.78 is 0. The molecular weight excluding hydrogens is 316 g/mol. The van der Waals surface area contributed by atoms with Crippen LogP contribution in [0.5, 0.6) is 0 Å². The number of pyridine rings is 1. The van der Waals surface area contributed by atoms with Crippen molar-refractivity contribution in [1.82, 2.24) is 4.98 Å². The lowest BCUT2D eigenvalue weighted by Gasteiger charge is -2.25. The zero-order valence-corrected chi connectivity index (χ0v) is 13.9. The van der Waals surface area contributed by atoms with E-state index in [0.717, 1.165) is 11.3 Å². The van der Waals surface area contributed by atoms with Gasteiger partial charge < -0.3 is 10.4 Å². The number of benzene rings is 1. The summed E-state index contributed by atoms with van der Waals surface area (Å²) in [5.41, 5.74) is 1.31. The average molecular weight is 336 g/mol. The molecule has 2 bridgehead atoms. The fourth-order valence-corrected chi connectivity index (χ4v) is 4.32. The summed E-state index contributed by atoms with van der Waals surface area (Å²) in [5.74, 6) is -0.823. The molecule has 2 fully saturated rings. The molecule has 128 valence electrons. The lowest BCUT2D eigenvalue weighted by atomic mass is 9.81. The third-order valence-electron chi connectivity index (χ3n) is 5.87. The number of fused-ring (bicyclic) bond motifs is 2. The van der Waals surface area contributed by atoms with Crippen LogP contribution in [-0.2, 0) is 9.59 Å². The number of carbonyl (C=O) groups is 2. The Labute approximate surface area is 146 Å². The summed E-state index contributed by atoms with van der Waals surface area (Å²) in [4.78, 5) is 28.7. The second-order valence-electron chi connectivity index (χ2n) is 7.29. The topological polar surface area (TPSA) is 79.3 Å². The zero-order valence-electron chi connectivity index (χ0n) is 13.9. The molecule has 0 atom stereocenters. The lowest BCUT2D eigenvalue weighted by molar-refractivity contribution is -0.148. The molecule has 2 aliphatic carbocycles. The van der Waals surface area contributed by atoms with E-state index in [0.29, 0.717) is 37.8 Å². The van der Waals surface area contributed by atoms with E-state index in [9.17, 15) is 14.7 Å². The van der Waals surface area contributed by atoms with Crippen molar-refractivity contribution in [2.45, 2.75) is 32.1 Å². The second-order valence-corrected chi connectivity index (χ2v) is 7.29. The number of carbonyl (C=O) groups excluding carboxylic acids is 1. The Balaban J connectivity index is 1.48. The molecule has 1 aromatic carbocycles. The highest BCUT2D eigenvalue weighted by Crippen LogP contribution is 2.61. The van der Waals surface area contributed by atoms with E-state index in [1.54, 1.807) is 6.20 Å². The number of aromatic nitrogens is 1. The van der Waals surface area contributed by atoms with Gasteiger partial charge in [0.1, 0.15) is 0 Å². The first-order chi connectivity index (χ1) is 12.0. The van der Waals surface area contributed by atoms with Crippen molar-refractivity contribution in [3.63, 3.8) is 0 Å².